The third kappa shape index (κ3) is 4.18. The summed E-state index contributed by atoms with van der Waals surface area (Å²) >= 11 is 0. The molecule has 156 valence electrons. The fourth-order valence-electron chi connectivity index (χ4n) is 4.46. The van der Waals surface area contributed by atoms with Gasteiger partial charge in [0.2, 0.25) is 0 Å². The van der Waals surface area contributed by atoms with Crippen molar-refractivity contribution >= 4 is 0 Å². The number of aliphatic hydroxyl groups is 1. The van der Waals surface area contributed by atoms with Crippen LogP contribution in [0.2, 0.25) is 0 Å². The second kappa shape index (κ2) is 9.30. The molecule has 31 heavy (non-hydrogen) atoms. The van der Waals surface area contributed by atoms with Crippen molar-refractivity contribution in [1.82, 2.24) is 4.90 Å². The van der Waals surface area contributed by atoms with E-state index in [1.54, 1.807) is 0 Å². The van der Waals surface area contributed by atoms with Crippen LogP contribution in [0.5, 0.6) is 0 Å². The van der Waals surface area contributed by atoms with E-state index >= 15 is 0 Å². The molecule has 0 aromatic heterocycles. The van der Waals surface area contributed by atoms with Gasteiger partial charge in [0.05, 0.1) is 6.04 Å². The van der Waals surface area contributed by atoms with Crippen LogP contribution in [0.25, 0.3) is 0 Å². The molecule has 4 rings (SSSR count). The molecule has 0 unspecified atom stereocenters. The molecule has 0 spiro atoms. The first-order valence-electron chi connectivity index (χ1n) is 10.8. The van der Waals surface area contributed by atoms with Crippen LogP contribution in [-0.4, -0.2) is 17.1 Å². The smallest absolute Gasteiger partial charge is 0.134 e. The first kappa shape index (κ1) is 21.0. The lowest BCUT2D eigenvalue weighted by Crippen LogP contribution is -2.44. The standard InChI is InChI=1S/C29H29NO/c1-23(24-15-7-3-8-16-24)30(2)28(25-17-9-4-10-18-25)29(31,26-19-11-5-12-20-26)27-21-13-6-14-22-27/h3-23,28,31H,1-2H3/t23-,28+/m1/s1. The molecule has 4 aromatic rings. The van der Waals surface area contributed by atoms with Crippen LogP contribution in [0.3, 0.4) is 0 Å². The summed E-state index contributed by atoms with van der Waals surface area (Å²) in [6.45, 7) is 2.20. The Morgan fingerprint density at radius 1 is 0.581 bits per heavy atom. The zero-order valence-corrected chi connectivity index (χ0v) is 18.1. The molecule has 0 aliphatic rings. The van der Waals surface area contributed by atoms with Gasteiger partial charge in [-0.2, -0.15) is 0 Å². The van der Waals surface area contributed by atoms with E-state index in [4.69, 9.17) is 0 Å². The van der Waals surface area contributed by atoms with Gasteiger partial charge in [-0.3, -0.25) is 4.90 Å². The molecule has 2 nitrogen and oxygen atoms in total. The lowest BCUT2D eigenvalue weighted by molar-refractivity contribution is -0.0270. The molecular weight excluding hydrogens is 378 g/mol. The van der Waals surface area contributed by atoms with Crippen molar-refractivity contribution in [1.29, 1.82) is 0 Å². The van der Waals surface area contributed by atoms with Crippen LogP contribution < -0.4 is 0 Å². The topological polar surface area (TPSA) is 23.5 Å². The van der Waals surface area contributed by atoms with Gasteiger partial charge >= 0.3 is 0 Å². The summed E-state index contributed by atoms with van der Waals surface area (Å²) in [5, 5.41) is 12.6. The second-order valence-corrected chi connectivity index (χ2v) is 8.06. The lowest BCUT2D eigenvalue weighted by atomic mass is 9.76. The summed E-state index contributed by atoms with van der Waals surface area (Å²) in [5.74, 6) is 0. The molecule has 2 atom stereocenters. The van der Waals surface area contributed by atoms with E-state index in [9.17, 15) is 5.11 Å². The molecule has 0 heterocycles. The molecule has 0 fully saturated rings. The van der Waals surface area contributed by atoms with Crippen molar-refractivity contribution in [2.24, 2.45) is 0 Å². The van der Waals surface area contributed by atoms with E-state index in [-0.39, 0.29) is 12.1 Å². The van der Waals surface area contributed by atoms with E-state index in [2.05, 4.69) is 55.3 Å². The summed E-state index contributed by atoms with van der Waals surface area (Å²) in [5.41, 5.74) is 2.81. The zero-order valence-electron chi connectivity index (χ0n) is 18.1. The monoisotopic (exact) mass is 407 g/mol. The average Bonchev–Trinajstić information content (AvgIpc) is 2.85. The van der Waals surface area contributed by atoms with Gasteiger partial charge in [-0.1, -0.05) is 121 Å². The number of hydrogen-bond acceptors (Lipinski definition) is 2. The highest BCUT2D eigenvalue weighted by molar-refractivity contribution is 5.42. The van der Waals surface area contributed by atoms with Crippen molar-refractivity contribution in [3.05, 3.63) is 144 Å². The molecule has 0 aliphatic carbocycles. The van der Waals surface area contributed by atoms with Crippen LogP contribution in [-0.2, 0) is 5.60 Å². The van der Waals surface area contributed by atoms with Crippen molar-refractivity contribution in [2.75, 3.05) is 7.05 Å². The molecule has 2 heteroatoms. The van der Waals surface area contributed by atoms with E-state index < -0.39 is 5.60 Å². The summed E-state index contributed by atoms with van der Waals surface area (Å²) in [7, 11) is 2.10. The number of hydrogen-bond donors (Lipinski definition) is 1. The minimum absolute atomic E-state index is 0.102. The van der Waals surface area contributed by atoms with E-state index in [1.165, 1.54) is 5.56 Å². The summed E-state index contributed by atoms with van der Waals surface area (Å²) in [6, 6.07) is 40.6. The minimum atomic E-state index is -1.23. The fourth-order valence-corrected chi connectivity index (χ4v) is 4.46. The number of likely N-dealkylation sites (N-methyl/N-ethyl adjacent to an activating group) is 1. The highest BCUT2D eigenvalue weighted by atomic mass is 16.3. The van der Waals surface area contributed by atoms with E-state index in [0.717, 1.165) is 16.7 Å². The molecule has 0 bridgehead atoms. The Bertz CT molecular complexity index is 1030. The molecule has 0 amide bonds. The predicted molar refractivity (Wildman–Crippen MR) is 128 cm³/mol. The summed E-state index contributed by atoms with van der Waals surface area (Å²) < 4.78 is 0. The lowest BCUT2D eigenvalue weighted by Gasteiger charge is -2.45. The third-order valence-electron chi connectivity index (χ3n) is 6.24. The molecular formula is C29H29NO. The molecule has 0 saturated carbocycles. The Hall–Kier alpha value is -3.20. The summed E-state index contributed by atoms with van der Waals surface area (Å²) in [4.78, 5) is 2.28. The predicted octanol–water partition coefficient (Wildman–Crippen LogP) is 6.36. The Balaban J connectivity index is 1.92. The minimum Gasteiger partial charge on any atom is -0.378 e. The Kier molecular flexibility index (Phi) is 6.31. The highest BCUT2D eigenvalue weighted by Gasteiger charge is 2.44. The van der Waals surface area contributed by atoms with Gasteiger partial charge in [-0.15, -0.1) is 0 Å². The molecule has 4 aromatic carbocycles. The van der Waals surface area contributed by atoms with Gasteiger partial charge in [0, 0.05) is 6.04 Å². The van der Waals surface area contributed by atoms with Crippen LogP contribution in [0.15, 0.2) is 121 Å². The van der Waals surface area contributed by atoms with Crippen LogP contribution in [0.4, 0.5) is 0 Å². The molecule has 0 radical (unpaired) electrons. The van der Waals surface area contributed by atoms with Gasteiger partial charge in [0.1, 0.15) is 5.60 Å². The Morgan fingerprint density at radius 3 is 1.35 bits per heavy atom. The van der Waals surface area contributed by atoms with E-state index in [1.807, 2.05) is 84.9 Å². The number of nitrogens with zero attached hydrogens (tertiary/aromatic N) is 1. The molecule has 0 saturated heterocycles. The van der Waals surface area contributed by atoms with Crippen LogP contribution >= 0.6 is 0 Å². The van der Waals surface area contributed by atoms with Crippen LogP contribution in [0, 0.1) is 0 Å². The SMILES string of the molecule is C[C@H](c1ccccc1)N(C)[C@@H](c1ccccc1)C(O)(c1ccccc1)c1ccccc1. The van der Waals surface area contributed by atoms with Crippen molar-refractivity contribution < 1.29 is 5.11 Å². The van der Waals surface area contributed by atoms with Crippen molar-refractivity contribution in [2.45, 2.75) is 24.6 Å². The largest absolute Gasteiger partial charge is 0.378 e. The Labute approximate surface area is 185 Å². The van der Waals surface area contributed by atoms with Gasteiger partial charge in [0.15, 0.2) is 0 Å². The average molecular weight is 408 g/mol. The van der Waals surface area contributed by atoms with Gasteiger partial charge in [-0.05, 0) is 36.2 Å². The zero-order chi connectivity index (χ0) is 21.7. The van der Waals surface area contributed by atoms with Gasteiger partial charge < -0.3 is 5.11 Å². The second-order valence-electron chi connectivity index (χ2n) is 8.06. The van der Waals surface area contributed by atoms with Crippen LogP contribution in [0.1, 0.15) is 41.3 Å². The van der Waals surface area contributed by atoms with Crippen molar-refractivity contribution in [3.63, 3.8) is 0 Å². The van der Waals surface area contributed by atoms with E-state index in [0.29, 0.717) is 0 Å². The first-order chi connectivity index (χ1) is 15.1. The highest BCUT2D eigenvalue weighted by Crippen LogP contribution is 2.46. The molecule has 0 aliphatic heterocycles. The van der Waals surface area contributed by atoms with Gasteiger partial charge in [-0.25, -0.2) is 0 Å². The number of benzene rings is 4. The molecule has 1 N–H and O–H groups in total. The van der Waals surface area contributed by atoms with Gasteiger partial charge in [0.25, 0.3) is 0 Å². The Morgan fingerprint density at radius 2 is 0.935 bits per heavy atom. The third-order valence-corrected chi connectivity index (χ3v) is 6.24. The first-order valence-corrected chi connectivity index (χ1v) is 10.8. The number of rotatable bonds is 7. The van der Waals surface area contributed by atoms with Crippen molar-refractivity contribution in [3.8, 4) is 0 Å². The maximum absolute atomic E-state index is 12.6. The summed E-state index contributed by atoms with van der Waals surface area (Å²) in [6.07, 6.45) is 0. The maximum Gasteiger partial charge on any atom is 0.134 e. The fraction of sp³-hybridized carbons (Fsp3) is 0.172. The quantitative estimate of drug-likeness (QED) is 0.385. The maximum atomic E-state index is 12.6. The normalized spacial score (nSPS) is 13.7.